The van der Waals surface area contributed by atoms with Gasteiger partial charge in [-0.3, -0.25) is 0 Å². The molecule has 2 aromatic rings. The van der Waals surface area contributed by atoms with Crippen molar-refractivity contribution in [1.82, 2.24) is 0 Å². The lowest BCUT2D eigenvalue weighted by Gasteiger charge is -2.15. The molecule has 100 valence electrons. The first kappa shape index (κ1) is 14.6. The smallest absolute Gasteiger partial charge is 0.0449 e. The first-order valence-electron chi connectivity index (χ1n) is 6.24. The van der Waals surface area contributed by atoms with Crippen LogP contribution < -0.4 is 5.73 Å². The van der Waals surface area contributed by atoms with Crippen LogP contribution in [0.25, 0.3) is 0 Å². The summed E-state index contributed by atoms with van der Waals surface area (Å²) in [6.45, 7) is 4.22. The highest BCUT2D eigenvalue weighted by Crippen LogP contribution is 2.26. The molecule has 19 heavy (non-hydrogen) atoms. The van der Waals surface area contributed by atoms with Crippen LogP contribution in [-0.2, 0) is 6.42 Å². The molecule has 1 nitrogen and oxygen atoms in total. The van der Waals surface area contributed by atoms with Gasteiger partial charge in [0.1, 0.15) is 0 Å². The van der Waals surface area contributed by atoms with Gasteiger partial charge in [0.05, 0.1) is 0 Å². The summed E-state index contributed by atoms with van der Waals surface area (Å²) in [6, 6.07) is 12.3. The Labute approximate surface area is 127 Å². The highest BCUT2D eigenvalue weighted by atomic mass is 79.9. The van der Waals surface area contributed by atoms with E-state index in [-0.39, 0.29) is 6.04 Å². The van der Waals surface area contributed by atoms with E-state index < -0.39 is 0 Å². The van der Waals surface area contributed by atoms with Crippen molar-refractivity contribution in [3.05, 3.63) is 68.1 Å². The van der Waals surface area contributed by atoms with Crippen LogP contribution in [0.1, 0.15) is 28.3 Å². The molecule has 0 bridgehead atoms. The van der Waals surface area contributed by atoms with Crippen LogP contribution in [0.2, 0.25) is 5.02 Å². The summed E-state index contributed by atoms with van der Waals surface area (Å²) in [4.78, 5) is 0. The topological polar surface area (TPSA) is 26.0 Å². The fourth-order valence-corrected chi connectivity index (χ4v) is 2.79. The van der Waals surface area contributed by atoms with E-state index in [1.807, 2.05) is 18.2 Å². The molecule has 3 heteroatoms. The van der Waals surface area contributed by atoms with E-state index in [1.165, 1.54) is 11.1 Å². The van der Waals surface area contributed by atoms with Gasteiger partial charge in [-0.05, 0) is 54.7 Å². The van der Waals surface area contributed by atoms with E-state index in [4.69, 9.17) is 17.3 Å². The van der Waals surface area contributed by atoms with Gasteiger partial charge < -0.3 is 5.73 Å². The summed E-state index contributed by atoms with van der Waals surface area (Å²) in [5.74, 6) is 0. The van der Waals surface area contributed by atoms with Gasteiger partial charge in [-0.2, -0.15) is 0 Å². The Morgan fingerprint density at radius 1 is 1.11 bits per heavy atom. The van der Waals surface area contributed by atoms with E-state index >= 15 is 0 Å². The van der Waals surface area contributed by atoms with Crippen molar-refractivity contribution in [2.75, 3.05) is 0 Å². The highest BCUT2D eigenvalue weighted by molar-refractivity contribution is 9.10. The number of nitrogens with two attached hydrogens (primary N) is 1. The van der Waals surface area contributed by atoms with Gasteiger partial charge in [0, 0.05) is 15.5 Å². The quantitative estimate of drug-likeness (QED) is 0.841. The zero-order valence-corrected chi connectivity index (χ0v) is 13.4. The monoisotopic (exact) mass is 337 g/mol. The summed E-state index contributed by atoms with van der Waals surface area (Å²) >= 11 is 9.64. The average molecular weight is 339 g/mol. The molecular weight excluding hydrogens is 322 g/mol. The number of rotatable bonds is 3. The van der Waals surface area contributed by atoms with Gasteiger partial charge in [0.25, 0.3) is 0 Å². The maximum atomic E-state index is 6.28. The molecule has 0 radical (unpaired) electrons. The standard InChI is InChI=1S/C16H17BrClN/c1-10-3-4-13(7-11(10)2)16(19)8-12-5-6-14(17)9-15(12)18/h3-7,9,16H,8,19H2,1-2H3. The van der Waals surface area contributed by atoms with Crippen LogP contribution in [0.15, 0.2) is 40.9 Å². The molecule has 2 rings (SSSR count). The van der Waals surface area contributed by atoms with Gasteiger partial charge in [0.15, 0.2) is 0 Å². The van der Waals surface area contributed by atoms with E-state index in [9.17, 15) is 0 Å². The van der Waals surface area contributed by atoms with Crippen LogP contribution in [0.3, 0.4) is 0 Å². The Morgan fingerprint density at radius 3 is 2.47 bits per heavy atom. The molecule has 0 spiro atoms. The molecule has 0 aliphatic rings. The van der Waals surface area contributed by atoms with Crippen molar-refractivity contribution >= 4 is 27.5 Å². The van der Waals surface area contributed by atoms with Gasteiger partial charge in [-0.15, -0.1) is 0 Å². The zero-order valence-electron chi connectivity index (χ0n) is 11.1. The second kappa shape index (κ2) is 6.08. The average Bonchev–Trinajstić information content (AvgIpc) is 2.36. The third-order valence-corrected chi connectivity index (χ3v) is 4.26. The van der Waals surface area contributed by atoms with Crippen molar-refractivity contribution in [3.63, 3.8) is 0 Å². The van der Waals surface area contributed by atoms with Gasteiger partial charge in [-0.1, -0.05) is 51.8 Å². The van der Waals surface area contributed by atoms with Gasteiger partial charge in [-0.25, -0.2) is 0 Å². The van der Waals surface area contributed by atoms with Crippen molar-refractivity contribution in [1.29, 1.82) is 0 Å². The van der Waals surface area contributed by atoms with Crippen LogP contribution in [0.5, 0.6) is 0 Å². The van der Waals surface area contributed by atoms with E-state index in [0.717, 1.165) is 27.0 Å². The van der Waals surface area contributed by atoms with Crippen LogP contribution in [0, 0.1) is 13.8 Å². The minimum absolute atomic E-state index is 0.0297. The Morgan fingerprint density at radius 2 is 1.84 bits per heavy atom. The largest absolute Gasteiger partial charge is 0.324 e. The van der Waals surface area contributed by atoms with Crippen LogP contribution in [0.4, 0.5) is 0 Å². The first-order chi connectivity index (χ1) is 8.97. The van der Waals surface area contributed by atoms with Crippen molar-refractivity contribution in [2.45, 2.75) is 26.3 Å². The predicted octanol–water partition coefficient (Wildman–Crippen LogP) is 4.96. The molecule has 2 aromatic carbocycles. The molecule has 0 amide bonds. The summed E-state index contributed by atoms with van der Waals surface area (Å²) in [6.07, 6.45) is 0.745. The Balaban J connectivity index is 2.20. The molecule has 2 N–H and O–H groups in total. The number of halogens is 2. The first-order valence-corrected chi connectivity index (χ1v) is 7.41. The Hall–Kier alpha value is -0.830. The summed E-state index contributed by atoms with van der Waals surface area (Å²) in [5, 5.41) is 0.758. The van der Waals surface area contributed by atoms with Crippen molar-refractivity contribution in [3.8, 4) is 0 Å². The minimum Gasteiger partial charge on any atom is -0.324 e. The molecule has 0 aliphatic heterocycles. The zero-order chi connectivity index (χ0) is 14.0. The molecule has 0 fully saturated rings. The number of aryl methyl sites for hydroxylation is 2. The lowest BCUT2D eigenvalue weighted by Crippen LogP contribution is -2.14. The molecule has 0 aliphatic carbocycles. The summed E-state index contributed by atoms with van der Waals surface area (Å²) in [5.41, 5.74) is 11.1. The number of hydrogen-bond acceptors (Lipinski definition) is 1. The Bertz CT molecular complexity index is 595. The highest BCUT2D eigenvalue weighted by Gasteiger charge is 2.10. The molecule has 0 heterocycles. The van der Waals surface area contributed by atoms with E-state index in [2.05, 4.69) is 48.0 Å². The summed E-state index contributed by atoms with van der Waals surface area (Å²) < 4.78 is 0.987. The minimum atomic E-state index is -0.0297. The maximum Gasteiger partial charge on any atom is 0.0449 e. The van der Waals surface area contributed by atoms with Crippen LogP contribution >= 0.6 is 27.5 Å². The molecule has 0 saturated heterocycles. The third kappa shape index (κ3) is 3.59. The van der Waals surface area contributed by atoms with Gasteiger partial charge >= 0.3 is 0 Å². The second-order valence-corrected chi connectivity index (χ2v) is 6.21. The number of benzene rings is 2. The lowest BCUT2D eigenvalue weighted by atomic mass is 9.97. The SMILES string of the molecule is Cc1ccc(C(N)Cc2ccc(Br)cc2Cl)cc1C. The number of hydrogen-bond donors (Lipinski definition) is 1. The summed E-state index contributed by atoms with van der Waals surface area (Å²) in [7, 11) is 0. The molecule has 0 saturated carbocycles. The molecule has 0 aromatic heterocycles. The molecule has 1 unspecified atom stereocenters. The van der Waals surface area contributed by atoms with E-state index in [0.29, 0.717) is 0 Å². The molecule has 1 atom stereocenters. The fourth-order valence-electron chi connectivity index (χ4n) is 2.04. The predicted molar refractivity (Wildman–Crippen MR) is 85.7 cm³/mol. The third-order valence-electron chi connectivity index (χ3n) is 3.41. The van der Waals surface area contributed by atoms with Crippen LogP contribution in [-0.4, -0.2) is 0 Å². The molecular formula is C16H17BrClN. The fraction of sp³-hybridized carbons (Fsp3) is 0.250. The van der Waals surface area contributed by atoms with E-state index in [1.54, 1.807) is 0 Å². The van der Waals surface area contributed by atoms with Crippen molar-refractivity contribution in [2.24, 2.45) is 5.73 Å². The van der Waals surface area contributed by atoms with Crippen molar-refractivity contribution < 1.29 is 0 Å². The lowest BCUT2D eigenvalue weighted by molar-refractivity contribution is 0.721. The normalized spacial score (nSPS) is 12.5. The Kier molecular flexibility index (Phi) is 4.67. The maximum absolute atomic E-state index is 6.28. The second-order valence-electron chi connectivity index (χ2n) is 4.89. The van der Waals surface area contributed by atoms with Gasteiger partial charge in [0.2, 0.25) is 0 Å².